The molecule has 3 aromatic rings. The predicted octanol–water partition coefficient (Wildman–Crippen LogP) is 5.45. The molecule has 35 heavy (non-hydrogen) atoms. The van der Waals surface area contributed by atoms with Crippen molar-refractivity contribution in [3.05, 3.63) is 65.6 Å². The van der Waals surface area contributed by atoms with Crippen LogP contribution in [-0.2, 0) is 17.8 Å². The molecule has 3 heterocycles. The third-order valence-corrected chi connectivity index (χ3v) is 8.86. The van der Waals surface area contributed by atoms with Crippen LogP contribution in [0.25, 0.3) is 10.9 Å². The number of benzene rings is 1. The number of aryl methyl sites for hydroxylation is 1. The number of carbonyl (C=O) groups is 1. The summed E-state index contributed by atoms with van der Waals surface area (Å²) in [5.41, 5.74) is 5.35. The number of hydrogen-bond acceptors (Lipinski definition) is 3. The van der Waals surface area contributed by atoms with Crippen LogP contribution in [-0.4, -0.2) is 58.0 Å². The molecule has 0 saturated carbocycles. The minimum absolute atomic E-state index is 0.0172. The van der Waals surface area contributed by atoms with Crippen molar-refractivity contribution in [2.24, 2.45) is 5.92 Å². The second kappa shape index (κ2) is 9.77. The van der Waals surface area contributed by atoms with Crippen molar-refractivity contribution in [1.82, 2.24) is 19.4 Å². The highest BCUT2D eigenvalue weighted by atomic mass is 16.2. The van der Waals surface area contributed by atoms with E-state index in [4.69, 9.17) is 0 Å². The number of nitrogens with zero attached hydrogens (tertiary/aromatic N) is 4. The van der Waals surface area contributed by atoms with Gasteiger partial charge >= 0.3 is 0 Å². The molecule has 0 N–H and O–H groups in total. The number of rotatable bonds is 7. The molecule has 2 aliphatic rings. The van der Waals surface area contributed by atoms with Gasteiger partial charge < -0.3 is 14.4 Å². The van der Waals surface area contributed by atoms with E-state index in [2.05, 4.69) is 72.7 Å². The minimum Gasteiger partial charge on any atom is -0.347 e. The molecule has 1 aliphatic carbocycles. The number of aromatic nitrogens is 2. The summed E-state index contributed by atoms with van der Waals surface area (Å²) < 4.78 is 2.46. The number of likely N-dealkylation sites (tertiary alicyclic amines) is 1. The fraction of sp³-hybridized carbons (Fsp3) is 0.533. The Balaban J connectivity index is 1.39. The SMILES string of the molecule is CCCCn1cc2c3c(cccc31)C1C[C@@H](C(=O)N(C)C(C)C(C)c3ccccn3)CN(C)[C@@H]1C2. The summed E-state index contributed by atoms with van der Waals surface area (Å²) in [7, 11) is 4.20. The number of fused-ring (bicyclic) bond motifs is 2. The topological polar surface area (TPSA) is 41.4 Å². The van der Waals surface area contributed by atoms with Crippen molar-refractivity contribution in [2.45, 2.75) is 76.9 Å². The number of amides is 1. The van der Waals surface area contributed by atoms with Gasteiger partial charge in [0, 0.05) is 73.0 Å². The molecule has 0 spiro atoms. The zero-order chi connectivity index (χ0) is 24.7. The van der Waals surface area contributed by atoms with Crippen molar-refractivity contribution in [3.8, 4) is 0 Å². The Hall–Kier alpha value is -2.66. The summed E-state index contributed by atoms with van der Waals surface area (Å²) in [4.78, 5) is 22.8. The van der Waals surface area contributed by atoms with Crippen molar-refractivity contribution < 1.29 is 4.79 Å². The van der Waals surface area contributed by atoms with E-state index in [0.29, 0.717) is 12.0 Å². The highest BCUT2D eigenvalue weighted by Crippen LogP contribution is 2.45. The fourth-order valence-corrected chi connectivity index (χ4v) is 6.53. The second-order valence-electron chi connectivity index (χ2n) is 10.9. The first-order chi connectivity index (χ1) is 16.9. The van der Waals surface area contributed by atoms with E-state index in [9.17, 15) is 4.79 Å². The molecule has 3 unspecified atom stereocenters. The minimum atomic E-state index is 0.0172. The van der Waals surface area contributed by atoms with Crippen LogP contribution in [0.2, 0.25) is 0 Å². The molecular formula is C30H40N4O. The normalized spacial score (nSPS) is 23.6. The zero-order valence-corrected chi connectivity index (χ0v) is 21.9. The lowest BCUT2D eigenvalue weighted by atomic mass is 9.72. The van der Waals surface area contributed by atoms with E-state index in [1.165, 1.54) is 34.9 Å². The number of hydrogen-bond donors (Lipinski definition) is 0. The first-order valence-electron chi connectivity index (χ1n) is 13.4. The van der Waals surface area contributed by atoms with Gasteiger partial charge in [0.15, 0.2) is 0 Å². The highest BCUT2D eigenvalue weighted by molar-refractivity contribution is 5.89. The van der Waals surface area contributed by atoms with E-state index in [1.807, 2.05) is 30.3 Å². The van der Waals surface area contributed by atoms with Crippen molar-refractivity contribution >= 4 is 16.8 Å². The van der Waals surface area contributed by atoms with Crippen LogP contribution in [0.1, 0.15) is 68.7 Å². The lowest BCUT2D eigenvalue weighted by molar-refractivity contribution is -0.139. The quantitative estimate of drug-likeness (QED) is 0.459. The molecule has 5 heteroatoms. The van der Waals surface area contributed by atoms with Gasteiger partial charge in [0.2, 0.25) is 5.91 Å². The van der Waals surface area contributed by atoms with Gasteiger partial charge in [-0.25, -0.2) is 0 Å². The average molecular weight is 473 g/mol. The van der Waals surface area contributed by atoms with Crippen molar-refractivity contribution in [1.29, 1.82) is 0 Å². The first-order valence-corrected chi connectivity index (χ1v) is 13.4. The Bertz CT molecular complexity index is 1190. The molecule has 1 aromatic carbocycles. The Morgan fingerprint density at radius 2 is 2.03 bits per heavy atom. The summed E-state index contributed by atoms with van der Waals surface area (Å²) in [6, 6.07) is 13.4. The number of unbranched alkanes of at least 4 members (excludes halogenated alkanes) is 1. The maximum Gasteiger partial charge on any atom is 0.226 e. The van der Waals surface area contributed by atoms with Crippen LogP contribution >= 0.6 is 0 Å². The maximum atomic E-state index is 13.8. The lowest BCUT2D eigenvalue weighted by Crippen LogP contribution is -2.52. The highest BCUT2D eigenvalue weighted by Gasteiger charge is 2.43. The summed E-state index contributed by atoms with van der Waals surface area (Å²) in [5.74, 6) is 0.874. The Morgan fingerprint density at radius 1 is 1.20 bits per heavy atom. The number of pyridine rings is 1. The molecule has 5 nitrogen and oxygen atoms in total. The van der Waals surface area contributed by atoms with Crippen LogP contribution in [0.3, 0.4) is 0 Å². The third kappa shape index (κ3) is 4.29. The second-order valence-corrected chi connectivity index (χ2v) is 10.9. The van der Waals surface area contributed by atoms with Crippen molar-refractivity contribution in [2.75, 3.05) is 20.6 Å². The van der Waals surface area contributed by atoms with Crippen LogP contribution in [0.5, 0.6) is 0 Å². The third-order valence-electron chi connectivity index (χ3n) is 8.86. The van der Waals surface area contributed by atoms with E-state index < -0.39 is 0 Å². The van der Waals surface area contributed by atoms with Crippen molar-refractivity contribution in [3.63, 3.8) is 0 Å². The van der Waals surface area contributed by atoms with Crippen LogP contribution in [0.4, 0.5) is 0 Å². The Labute approximate surface area is 210 Å². The van der Waals surface area contributed by atoms with Crippen LogP contribution in [0, 0.1) is 5.92 Å². The molecule has 1 saturated heterocycles. The number of likely N-dealkylation sites (N-methyl/N-ethyl adjacent to an activating group) is 2. The summed E-state index contributed by atoms with van der Waals surface area (Å²) >= 11 is 0. The van der Waals surface area contributed by atoms with Gasteiger partial charge in [-0.2, -0.15) is 0 Å². The Morgan fingerprint density at radius 3 is 2.77 bits per heavy atom. The number of carbonyl (C=O) groups excluding carboxylic acids is 1. The van der Waals surface area contributed by atoms with Gasteiger partial charge in [-0.05, 0) is 62.6 Å². The molecule has 1 fully saturated rings. The molecule has 1 amide bonds. The van der Waals surface area contributed by atoms with Gasteiger partial charge in [-0.15, -0.1) is 0 Å². The van der Waals surface area contributed by atoms with Gasteiger partial charge in [-0.1, -0.05) is 38.5 Å². The van der Waals surface area contributed by atoms with E-state index >= 15 is 0 Å². The fourth-order valence-electron chi connectivity index (χ4n) is 6.53. The van der Waals surface area contributed by atoms with Gasteiger partial charge in [0.1, 0.15) is 0 Å². The molecule has 0 bridgehead atoms. The number of piperidine rings is 1. The standard InChI is InChI=1S/C30H40N4O/c1-6-7-15-34-19-22-17-28-25(24-11-10-13-27(34)29(22)24)16-23(18-32(28)4)30(35)33(5)21(3)20(2)26-12-8-9-14-31-26/h8-14,19-21,23,25,28H,6-7,15-18H2,1-5H3/t20?,21?,23-,25?,28-/m1/s1. The molecule has 5 rings (SSSR count). The average Bonchev–Trinajstić information content (AvgIpc) is 3.25. The predicted molar refractivity (Wildman–Crippen MR) is 143 cm³/mol. The van der Waals surface area contributed by atoms with E-state index in [-0.39, 0.29) is 23.8 Å². The molecular weight excluding hydrogens is 432 g/mol. The van der Waals surface area contributed by atoms with Gasteiger partial charge in [-0.3, -0.25) is 9.78 Å². The summed E-state index contributed by atoms with van der Waals surface area (Å²) in [5, 5.41) is 1.46. The first kappa shape index (κ1) is 24.1. The summed E-state index contributed by atoms with van der Waals surface area (Å²) in [6.45, 7) is 8.49. The summed E-state index contributed by atoms with van der Waals surface area (Å²) in [6.07, 6.45) is 8.67. The van der Waals surface area contributed by atoms with Gasteiger partial charge in [0.25, 0.3) is 0 Å². The Kier molecular flexibility index (Phi) is 6.71. The van der Waals surface area contributed by atoms with Crippen LogP contribution < -0.4 is 0 Å². The molecule has 0 radical (unpaired) electrons. The smallest absolute Gasteiger partial charge is 0.226 e. The monoisotopic (exact) mass is 472 g/mol. The molecule has 2 aromatic heterocycles. The lowest BCUT2D eigenvalue weighted by Gasteiger charge is -2.46. The van der Waals surface area contributed by atoms with Crippen LogP contribution in [0.15, 0.2) is 48.8 Å². The van der Waals surface area contributed by atoms with E-state index in [1.54, 1.807) is 0 Å². The van der Waals surface area contributed by atoms with Gasteiger partial charge in [0.05, 0.1) is 5.92 Å². The molecule has 1 aliphatic heterocycles. The molecule has 5 atom stereocenters. The maximum absolute atomic E-state index is 13.8. The van der Waals surface area contributed by atoms with E-state index in [0.717, 1.165) is 31.6 Å². The zero-order valence-electron chi connectivity index (χ0n) is 21.9. The largest absolute Gasteiger partial charge is 0.347 e. The molecule has 186 valence electrons.